The zero-order chi connectivity index (χ0) is 13.9. The van der Waals surface area contributed by atoms with Crippen molar-refractivity contribution in [3.8, 4) is 0 Å². The van der Waals surface area contributed by atoms with E-state index in [9.17, 15) is 4.79 Å². The fourth-order valence-electron chi connectivity index (χ4n) is 1.59. The first-order valence-electron chi connectivity index (χ1n) is 6.95. The van der Waals surface area contributed by atoms with Gasteiger partial charge in [-0.15, -0.1) is 0 Å². The van der Waals surface area contributed by atoms with Gasteiger partial charge in [0.25, 0.3) is 0 Å². The number of carbonyl (C=O) groups is 1. The molecule has 0 aliphatic carbocycles. The highest BCUT2D eigenvalue weighted by Gasteiger charge is 2.08. The Labute approximate surface area is 112 Å². The first-order chi connectivity index (χ1) is 8.45. The summed E-state index contributed by atoms with van der Waals surface area (Å²) in [6, 6.07) is 0. The van der Waals surface area contributed by atoms with Crippen molar-refractivity contribution in [3.63, 3.8) is 0 Å². The van der Waals surface area contributed by atoms with Gasteiger partial charge in [0.2, 0.25) is 0 Å². The monoisotopic (exact) mass is 252 g/mol. The summed E-state index contributed by atoms with van der Waals surface area (Å²) in [7, 11) is 0. The maximum atomic E-state index is 11.0. The molecule has 0 rings (SSSR count). The van der Waals surface area contributed by atoms with E-state index in [-0.39, 0.29) is 5.97 Å². The minimum absolute atomic E-state index is 0.271. The second kappa shape index (κ2) is 9.93. The number of ether oxygens (including phenoxy) is 1. The van der Waals surface area contributed by atoms with Gasteiger partial charge in [-0.05, 0) is 31.6 Å². The molecule has 0 radical (unpaired) electrons. The number of hydrogen-bond acceptors (Lipinski definition) is 2. The van der Waals surface area contributed by atoms with Crippen molar-refractivity contribution >= 4 is 5.97 Å². The molecule has 0 atom stereocenters. The van der Waals surface area contributed by atoms with E-state index in [2.05, 4.69) is 26.8 Å². The largest absolute Gasteiger partial charge is 0.463 e. The molecule has 0 unspecified atom stereocenters. The van der Waals surface area contributed by atoms with E-state index >= 15 is 0 Å². The van der Waals surface area contributed by atoms with Crippen LogP contribution in [0.15, 0.2) is 24.3 Å². The van der Waals surface area contributed by atoms with E-state index < -0.39 is 0 Å². The number of esters is 1. The summed E-state index contributed by atoms with van der Waals surface area (Å²) in [6.45, 7) is 9.09. The number of allylic oxidation sites excluding steroid dienone is 3. The molecule has 0 saturated heterocycles. The fourth-order valence-corrected chi connectivity index (χ4v) is 1.59. The quantitative estimate of drug-likeness (QED) is 0.272. The van der Waals surface area contributed by atoms with Gasteiger partial charge in [0, 0.05) is 6.08 Å². The third-order valence-corrected chi connectivity index (χ3v) is 2.56. The van der Waals surface area contributed by atoms with Gasteiger partial charge in [0.05, 0.1) is 6.61 Å². The molecule has 0 amide bonds. The van der Waals surface area contributed by atoms with Gasteiger partial charge in [-0.3, -0.25) is 0 Å². The van der Waals surface area contributed by atoms with E-state index in [1.807, 2.05) is 6.08 Å². The third kappa shape index (κ3) is 13.0. The first-order valence-corrected chi connectivity index (χ1v) is 6.95. The van der Waals surface area contributed by atoms with Crippen molar-refractivity contribution in [1.82, 2.24) is 0 Å². The summed E-state index contributed by atoms with van der Waals surface area (Å²) >= 11 is 0. The smallest absolute Gasteiger partial charge is 0.330 e. The van der Waals surface area contributed by atoms with Crippen LogP contribution in [0.1, 0.15) is 59.8 Å². The lowest BCUT2D eigenvalue weighted by molar-refractivity contribution is -0.137. The molecule has 0 bridgehead atoms. The van der Waals surface area contributed by atoms with Crippen molar-refractivity contribution in [2.24, 2.45) is 5.41 Å². The summed E-state index contributed by atoms with van der Waals surface area (Å²) in [5.41, 5.74) is 0.457. The van der Waals surface area contributed by atoms with Crippen molar-refractivity contribution in [1.29, 1.82) is 0 Å². The highest BCUT2D eigenvalue weighted by atomic mass is 16.5. The summed E-state index contributed by atoms with van der Waals surface area (Å²) in [4.78, 5) is 11.0. The van der Waals surface area contributed by atoms with Gasteiger partial charge in [-0.1, -0.05) is 51.8 Å². The molecule has 18 heavy (non-hydrogen) atoms. The third-order valence-electron chi connectivity index (χ3n) is 2.56. The van der Waals surface area contributed by atoms with Crippen LogP contribution in [0.5, 0.6) is 0 Å². The highest BCUT2D eigenvalue weighted by molar-refractivity contribution is 5.82. The van der Waals surface area contributed by atoms with E-state index in [1.54, 1.807) is 13.0 Å². The Morgan fingerprint density at radius 2 is 1.83 bits per heavy atom. The summed E-state index contributed by atoms with van der Waals surface area (Å²) < 4.78 is 4.77. The number of unbranched alkanes of at least 4 members (excludes halogenated alkanes) is 3. The van der Waals surface area contributed by atoms with Crippen LogP contribution in [0, 0.1) is 5.41 Å². The summed E-state index contributed by atoms with van der Waals surface area (Å²) in [5.74, 6) is -0.271. The summed E-state index contributed by atoms with van der Waals surface area (Å²) in [5, 5.41) is 0. The lowest BCUT2D eigenvalue weighted by atomic mass is 9.89. The van der Waals surface area contributed by atoms with E-state index in [1.165, 1.54) is 31.8 Å². The van der Waals surface area contributed by atoms with Gasteiger partial charge in [0.1, 0.15) is 0 Å². The van der Waals surface area contributed by atoms with Crippen LogP contribution in [-0.4, -0.2) is 12.6 Å². The highest BCUT2D eigenvalue weighted by Crippen LogP contribution is 2.22. The molecule has 2 heteroatoms. The lowest BCUT2D eigenvalue weighted by Crippen LogP contribution is -2.03. The molecule has 0 aromatic carbocycles. The van der Waals surface area contributed by atoms with Gasteiger partial charge >= 0.3 is 5.97 Å². The molecule has 0 aliphatic rings. The molecule has 0 spiro atoms. The standard InChI is InChI=1S/C16H28O2/c1-5-18-15(17)13-11-9-7-6-8-10-12-14-16(2,3)4/h7,9,11,13H,5-6,8,10,12,14H2,1-4H3/b9-7+,13-11+. The normalized spacial score (nSPS) is 12.4. The Morgan fingerprint density at radius 3 is 2.44 bits per heavy atom. The van der Waals surface area contributed by atoms with Crippen molar-refractivity contribution in [2.45, 2.75) is 59.8 Å². The van der Waals surface area contributed by atoms with Gasteiger partial charge in [-0.25, -0.2) is 4.79 Å². The van der Waals surface area contributed by atoms with E-state index in [0.717, 1.165) is 6.42 Å². The van der Waals surface area contributed by atoms with Gasteiger partial charge in [-0.2, -0.15) is 0 Å². The molecule has 0 aromatic rings. The maximum Gasteiger partial charge on any atom is 0.330 e. The predicted octanol–water partition coefficient (Wildman–Crippen LogP) is 4.66. The van der Waals surface area contributed by atoms with E-state index in [0.29, 0.717) is 12.0 Å². The number of carbonyl (C=O) groups excluding carboxylic acids is 1. The van der Waals surface area contributed by atoms with Crippen LogP contribution in [0.25, 0.3) is 0 Å². The SMILES string of the molecule is CCOC(=O)/C=C/C=C/CCCCCC(C)(C)C. The van der Waals surface area contributed by atoms with Gasteiger partial charge < -0.3 is 4.74 Å². The van der Waals surface area contributed by atoms with Crippen LogP contribution in [-0.2, 0) is 9.53 Å². The average Bonchev–Trinajstić information content (AvgIpc) is 2.25. The molecule has 0 aromatic heterocycles. The zero-order valence-electron chi connectivity index (χ0n) is 12.4. The molecule has 0 aliphatic heterocycles. The first kappa shape index (κ1) is 16.9. The van der Waals surface area contributed by atoms with Gasteiger partial charge in [0.15, 0.2) is 0 Å². The van der Waals surface area contributed by atoms with Crippen LogP contribution >= 0.6 is 0 Å². The lowest BCUT2D eigenvalue weighted by Gasteiger charge is -2.17. The van der Waals surface area contributed by atoms with E-state index in [4.69, 9.17) is 4.74 Å². The molecule has 0 saturated carbocycles. The van der Waals surface area contributed by atoms with Crippen molar-refractivity contribution < 1.29 is 9.53 Å². The molecule has 104 valence electrons. The number of rotatable bonds is 8. The molecular formula is C16H28O2. The minimum Gasteiger partial charge on any atom is -0.463 e. The average molecular weight is 252 g/mol. The predicted molar refractivity (Wildman–Crippen MR) is 77.5 cm³/mol. The zero-order valence-corrected chi connectivity index (χ0v) is 12.4. The molecule has 0 heterocycles. The molecule has 0 fully saturated rings. The van der Waals surface area contributed by atoms with Crippen LogP contribution in [0.2, 0.25) is 0 Å². The Morgan fingerprint density at radius 1 is 1.11 bits per heavy atom. The molecular weight excluding hydrogens is 224 g/mol. The molecule has 2 nitrogen and oxygen atoms in total. The second-order valence-electron chi connectivity index (χ2n) is 5.70. The Bertz CT molecular complexity index is 269. The minimum atomic E-state index is -0.271. The Balaban J connectivity index is 3.46. The molecule has 0 N–H and O–H groups in total. The maximum absolute atomic E-state index is 11.0. The second-order valence-corrected chi connectivity index (χ2v) is 5.70. The summed E-state index contributed by atoms with van der Waals surface area (Å²) in [6.07, 6.45) is 13.4. The van der Waals surface area contributed by atoms with Crippen LogP contribution in [0.3, 0.4) is 0 Å². The number of hydrogen-bond donors (Lipinski definition) is 0. The fraction of sp³-hybridized carbons (Fsp3) is 0.688. The van der Waals surface area contributed by atoms with Crippen molar-refractivity contribution in [3.05, 3.63) is 24.3 Å². The van der Waals surface area contributed by atoms with Crippen LogP contribution in [0.4, 0.5) is 0 Å². The topological polar surface area (TPSA) is 26.3 Å². The van der Waals surface area contributed by atoms with Crippen molar-refractivity contribution in [2.75, 3.05) is 6.61 Å². The Kier molecular flexibility index (Phi) is 9.35. The Hall–Kier alpha value is -1.05. The van der Waals surface area contributed by atoms with Crippen LogP contribution < -0.4 is 0 Å².